The molecule has 0 bridgehead atoms. The first kappa shape index (κ1) is 12.4. The smallest absolute Gasteiger partial charge is 0.230 e. The summed E-state index contributed by atoms with van der Waals surface area (Å²) in [5.41, 5.74) is 6.88. The third kappa shape index (κ3) is 2.60. The highest BCUT2D eigenvalue weighted by Gasteiger charge is 2.12. The van der Waals surface area contributed by atoms with Crippen LogP contribution in [0.4, 0.5) is 0 Å². The van der Waals surface area contributed by atoms with E-state index >= 15 is 0 Å². The van der Waals surface area contributed by atoms with Crippen molar-refractivity contribution in [2.45, 2.75) is 6.92 Å². The molecular weight excluding hydrogens is 250 g/mol. The van der Waals surface area contributed by atoms with Crippen LogP contribution in [0.3, 0.4) is 0 Å². The summed E-state index contributed by atoms with van der Waals surface area (Å²) in [7, 11) is 0. The normalized spacial score (nSPS) is 10.1. The third-order valence-electron chi connectivity index (χ3n) is 2.40. The lowest BCUT2D eigenvalue weighted by atomic mass is 10.1. The van der Waals surface area contributed by atoms with E-state index in [1.807, 2.05) is 6.92 Å². The average Bonchev–Trinajstić information content (AvgIpc) is 2.28. The van der Waals surface area contributed by atoms with Gasteiger partial charge in [0.05, 0.1) is 5.56 Å². The second-order valence-corrected chi connectivity index (χ2v) is 4.22. The first-order chi connectivity index (χ1) is 8.58. The Morgan fingerprint density at radius 2 is 2.17 bits per heavy atom. The molecule has 1 aromatic carbocycles. The van der Waals surface area contributed by atoms with E-state index in [0.717, 1.165) is 5.56 Å². The Kier molecular flexibility index (Phi) is 3.48. The highest BCUT2D eigenvalue weighted by atomic mass is 35.5. The number of benzene rings is 1. The fraction of sp³-hybridized carbons (Fsp3) is 0.0769. The molecule has 0 amide bonds. The predicted octanol–water partition coefficient (Wildman–Crippen LogP) is 3.12. The number of halogens is 1. The van der Waals surface area contributed by atoms with E-state index in [0.29, 0.717) is 22.2 Å². The van der Waals surface area contributed by atoms with Crippen LogP contribution in [0.15, 0.2) is 36.5 Å². The van der Waals surface area contributed by atoms with Crippen LogP contribution in [0, 0.1) is 12.3 Å². The molecule has 4 nitrogen and oxygen atoms in total. The lowest BCUT2D eigenvalue weighted by molar-refractivity contribution is 0.461. The minimum atomic E-state index is -0.0716. The molecule has 3 N–H and O–H groups in total. The van der Waals surface area contributed by atoms with Gasteiger partial charge >= 0.3 is 0 Å². The van der Waals surface area contributed by atoms with Crippen LogP contribution in [0.1, 0.15) is 11.1 Å². The summed E-state index contributed by atoms with van der Waals surface area (Å²) in [4.78, 5) is 4.10. The molecule has 0 saturated heterocycles. The van der Waals surface area contributed by atoms with Gasteiger partial charge < -0.3 is 10.5 Å². The van der Waals surface area contributed by atoms with E-state index in [1.165, 1.54) is 0 Å². The van der Waals surface area contributed by atoms with Gasteiger partial charge in [0.2, 0.25) is 5.88 Å². The van der Waals surface area contributed by atoms with Crippen molar-refractivity contribution in [2.75, 3.05) is 0 Å². The first-order valence-corrected chi connectivity index (χ1v) is 5.69. The Labute approximate surface area is 110 Å². The molecule has 0 aliphatic rings. The van der Waals surface area contributed by atoms with E-state index in [-0.39, 0.29) is 5.84 Å². The van der Waals surface area contributed by atoms with Gasteiger partial charge in [-0.1, -0.05) is 17.7 Å². The van der Waals surface area contributed by atoms with Gasteiger partial charge in [0.15, 0.2) is 0 Å². The number of aromatic nitrogens is 1. The molecule has 0 aliphatic heterocycles. The number of nitrogens with zero attached hydrogens (tertiary/aromatic N) is 1. The van der Waals surface area contributed by atoms with Crippen molar-refractivity contribution in [1.82, 2.24) is 4.98 Å². The molecular formula is C13H12ClN3O. The second kappa shape index (κ2) is 5.06. The standard InChI is InChI=1S/C13H12ClN3O/c1-8-5-6-17-13(11(8)12(15)16)18-10-4-2-3-9(14)7-10/h2-7H,1H3,(H3,15,16). The number of amidine groups is 1. The zero-order valence-electron chi connectivity index (χ0n) is 9.77. The van der Waals surface area contributed by atoms with Crippen LogP contribution in [0.25, 0.3) is 0 Å². The summed E-state index contributed by atoms with van der Waals surface area (Å²) in [6.45, 7) is 1.85. The Morgan fingerprint density at radius 3 is 2.83 bits per heavy atom. The maximum absolute atomic E-state index is 7.56. The summed E-state index contributed by atoms with van der Waals surface area (Å²) >= 11 is 5.88. The van der Waals surface area contributed by atoms with Crippen molar-refractivity contribution in [1.29, 1.82) is 5.41 Å². The monoisotopic (exact) mass is 261 g/mol. The molecule has 92 valence electrons. The Balaban J connectivity index is 2.40. The van der Waals surface area contributed by atoms with Gasteiger partial charge in [0, 0.05) is 11.2 Å². The highest BCUT2D eigenvalue weighted by Crippen LogP contribution is 2.26. The van der Waals surface area contributed by atoms with E-state index in [2.05, 4.69) is 4.98 Å². The van der Waals surface area contributed by atoms with Crippen molar-refractivity contribution in [3.8, 4) is 11.6 Å². The second-order valence-electron chi connectivity index (χ2n) is 3.78. The van der Waals surface area contributed by atoms with Gasteiger partial charge in [-0.2, -0.15) is 0 Å². The third-order valence-corrected chi connectivity index (χ3v) is 2.64. The topological polar surface area (TPSA) is 72.0 Å². The molecule has 0 saturated carbocycles. The molecule has 0 fully saturated rings. The fourth-order valence-electron chi connectivity index (χ4n) is 1.58. The molecule has 0 aliphatic carbocycles. The summed E-state index contributed by atoms with van der Waals surface area (Å²) in [6.07, 6.45) is 1.61. The van der Waals surface area contributed by atoms with Gasteiger partial charge in [-0.15, -0.1) is 0 Å². The number of nitrogens with one attached hydrogen (secondary N) is 1. The van der Waals surface area contributed by atoms with Crippen LogP contribution in [-0.2, 0) is 0 Å². The van der Waals surface area contributed by atoms with Crippen molar-refractivity contribution in [3.63, 3.8) is 0 Å². The van der Waals surface area contributed by atoms with E-state index in [9.17, 15) is 0 Å². The SMILES string of the molecule is Cc1ccnc(Oc2cccc(Cl)c2)c1C(=N)N. The van der Waals surface area contributed by atoms with Gasteiger partial charge in [-0.05, 0) is 36.8 Å². The molecule has 0 radical (unpaired) electrons. The number of ether oxygens (including phenoxy) is 1. The first-order valence-electron chi connectivity index (χ1n) is 5.31. The summed E-state index contributed by atoms with van der Waals surface area (Å²) in [5.74, 6) is 0.797. The van der Waals surface area contributed by atoms with Crippen molar-refractivity contribution >= 4 is 17.4 Å². The zero-order chi connectivity index (χ0) is 13.1. The number of nitrogen functional groups attached to an aromatic ring is 1. The molecule has 1 aromatic heterocycles. The molecule has 0 spiro atoms. The van der Waals surface area contributed by atoms with Crippen LogP contribution in [0.5, 0.6) is 11.6 Å². The van der Waals surface area contributed by atoms with Crippen LogP contribution >= 0.6 is 11.6 Å². The summed E-state index contributed by atoms with van der Waals surface area (Å²) in [6, 6.07) is 8.75. The Bertz CT molecular complexity index is 599. The fourth-order valence-corrected chi connectivity index (χ4v) is 1.76. The van der Waals surface area contributed by atoms with Crippen molar-refractivity contribution in [2.24, 2.45) is 5.73 Å². The van der Waals surface area contributed by atoms with E-state index in [1.54, 1.807) is 36.5 Å². The van der Waals surface area contributed by atoms with Crippen LogP contribution in [-0.4, -0.2) is 10.8 Å². The number of hydrogen-bond acceptors (Lipinski definition) is 3. The number of rotatable bonds is 3. The van der Waals surface area contributed by atoms with Crippen molar-refractivity contribution < 1.29 is 4.74 Å². The van der Waals surface area contributed by atoms with Gasteiger partial charge in [-0.25, -0.2) is 4.98 Å². The summed E-state index contributed by atoms with van der Waals surface area (Å²) in [5, 5.41) is 8.13. The minimum absolute atomic E-state index is 0.0716. The molecule has 2 rings (SSSR count). The predicted molar refractivity (Wildman–Crippen MR) is 71.5 cm³/mol. The molecule has 5 heteroatoms. The summed E-state index contributed by atoms with van der Waals surface area (Å²) < 4.78 is 5.62. The number of aryl methyl sites for hydroxylation is 1. The average molecular weight is 262 g/mol. The lowest BCUT2D eigenvalue weighted by Crippen LogP contribution is -2.14. The van der Waals surface area contributed by atoms with Gasteiger partial charge in [-0.3, -0.25) is 5.41 Å². The maximum atomic E-state index is 7.56. The molecule has 0 unspecified atom stereocenters. The van der Waals surface area contributed by atoms with Gasteiger partial charge in [0.1, 0.15) is 11.6 Å². The minimum Gasteiger partial charge on any atom is -0.438 e. The Hall–Kier alpha value is -2.07. The number of hydrogen-bond donors (Lipinski definition) is 2. The largest absolute Gasteiger partial charge is 0.438 e. The molecule has 2 aromatic rings. The molecule has 0 atom stereocenters. The van der Waals surface area contributed by atoms with Crippen LogP contribution < -0.4 is 10.5 Å². The lowest BCUT2D eigenvalue weighted by Gasteiger charge is -2.11. The van der Waals surface area contributed by atoms with Crippen molar-refractivity contribution in [3.05, 3.63) is 52.7 Å². The van der Waals surface area contributed by atoms with Crippen LogP contribution in [0.2, 0.25) is 5.02 Å². The number of nitrogens with two attached hydrogens (primary N) is 1. The van der Waals surface area contributed by atoms with E-state index in [4.69, 9.17) is 27.5 Å². The zero-order valence-corrected chi connectivity index (χ0v) is 10.5. The highest BCUT2D eigenvalue weighted by molar-refractivity contribution is 6.30. The molecule has 18 heavy (non-hydrogen) atoms. The maximum Gasteiger partial charge on any atom is 0.230 e. The van der Waals surface area contributed by atoms with Gasteiger partial charge in [0.25, 0.3) is 0 Å². The quantitative estimate of drug-likeness (QED) is 0.659. The molecule has 1 heterocycles. The Morgan fingerprint density at radius 1 is 1.39 bits per heavy atom. The van der Waals surface area contributed by atoms with E-state index < -0.39 is 0 Å². The number of pyridine rings is 1.